The molecule has 6 nitrogen and oxygen atoms in total. The molecule has 0 saturated carbocycles. The van der Waals surface area contributed by atoms with Crippen LogP contribution in [-0.4, -0.2) is 28.5 Å². The number of hydrogen-bond donors (Lipinski definition) is 2. The zero-order chi connectivity index (χ0) is 18.6. The van der Waals surface area contributed by atoms with E-state index in [4.69, 9.17) is 4.74 Å². The zero-order valence-electron chi connectivity index (χ0n) is 14.7. The summed E-state index contributed by atoms with van der Waals surface area (Å²) in [4.78, 5) is 12.5. The summed E-state index contributed by atoms with van der Waals surface area (Å²) in [5, 5.41) is 2.80. The summed E-state index contributed by atoms with van der Waals surface area (Å²) in [6, 6.07) is 10.4. The van der Waals surface area contributed by atoms with Crippen LogP contribution in [0.4, 0.5) is 0 Å². The van der Waals surface area contributed by atoms with Gasteiger partial charge in [0.2, 0.25) is 10.0 Å². The van der Waals surface area contributed by atoms with Crippen molar-refractivity contribution in [1.29, 1.82) is 0 Å². The smallest absolute Gasteiger partial charge is 0.251 e. The summed E-state index contributed by atoms with van der Waals surface area (Å²) >= 11 is 0. The van der Waals surface area contributed by atoms with Crippen LogP contribution in [0.5, 0.6) is 5.75 Å². The van der Waals surface area contributed by atoms with Crippen molar-refractivity contribution >= 4 is 15.9 Å². The summed E-state index contributed by atoms with van der Waals surface area (Å²) in [6.45, 7) is 3.84. The van der Waals surface area contributed by atoms with Gasteiger partial charge < -0.3 is 10.1 Å². The maximum absolute atomic E-state index is 12.4. The number of nitrogens with one attached hydrogen (secondary N) is 2. The molecular weight excluding hydrogens is 340 g/mol. The Kier molecular flexibility index (Phi) is 5.81. The molecule has 2 aromatic rings. The predicted octanol–water partition coefficient (Wildman–Crippen LogP) is 2.15. The first-order chi connectivity index (χ1) is 11.8. The Morgan fingerprint density at radius 1 is 1.12 bits per heavy atom. The van der Waals surface area contributed by atoms with E-state index in [-0.39, 0.29) is 10.8 Å². The molecule has 25 heavy (non-hydrogen) atoms. The summed E-state index contributed by atoms with van der Waals surface area (Å²) in [5.41, 5.74) is 2.60. The number of rotatable bonds is 6. The van der Waals surface area contributed by atoms with Crippen LogP contribution in [0.1, 0.15) is 27.0 Å². The van der Waals surface area contributed by atoms with Crippen LogP contribution in [-0.2, 0) is 16.6 Å². The first-order valence-corrected chi connectivity index (χ1v) is 9.22. The van der Waals surface area contributed by atoms with E-state index < -0.39 is 10.0 Å². The zero-order valence-corrected chi connectivity index (χ0v) is 15.5. The lowest BCUT2D eigenvalue weighted by Crippen LogP contribution is -2.25. The monoisotopic (exact) mass is 362 g/mol. The number of benzene rings is 2. The highest BCUT2D eigenvalue weighted by Crippen LogP contribution is 2.21. The molecule has 2 N–H and O–H groups in total. The Morgan fingerprint density at radius 2 is 1.76 bits per heavy atom. The molecule has 0 spiro atoms. The second kappa shape index (κ2) is 7.67. The van der Waals surface area contributed by atoms with E-state index >= 15 is 0 Å². The SMILES string of the molecule is CNS(=O)(=O)c1cc(C(=O)NCc2ccc(OC)cc2)cc(C)c1C. The van der Waals surface area contributed by atoms with Crippen molar-refractivity contribution < 1.29 is 17.9 Å². The molecule has 2 aromatic carbocycles. The van der Waals surface area contributed by atoms with Gasteiger partial charge >= 0.3 is 0 Å². The van der Waals surface area contributed by atoms with Gasteiger partial charge in [-0.05, 0) is 61.9 Å². The average Bonchev–Trinajstić information content (AvgIpc) is 2.62. The number of ether oxygens (including phenoxy) is 1. The van der Waals surface area contributed by atoms with Gasteiger partial charge in [-0.25, -0.2) is 13.1 Å². The number of hydrogen-bond acceptors (Lipinski definition) is 4. The van der Waals surface area contributed by atoms with Gasteiger partial charge in [0, 0.05) is 12.1 Å². The third kappa shape index (κ3) is 4.37. The molecule has 0 bridgehead atoms. The fraction of sp³-hybridized carbons (Fsp3) is 0.278. The summed E-state index contributed by atoms with van der Waals surface area (Å²) in [5.74, 6) is 0.414. The minimum Gasteiger partial charge on any atom is -0.497 e. The molecule has 1 amide bonds. The van der Waals surface area contributed by atoms with Crippen LogP contribution in [0, 0.1) is 13.8 Å². The number of sulfonamides is 1. The molecule has 0 radical (unpaired) electrons. The quantitative estimate of drug-likeness (QED) is 0.825. The van der Waals surface area contributed by atoms with Crippen molar-refractivity contribution in [3.8, 4) is 5.75 Å². The van der Waals surface area contributed by atoms with Crippen LogP contribution in [0.25, 0.3) is 0 Å². The van der Waals surface area contributed by atoms with Gasteiger partial charge in [0.25, 0.3) is 5.91 Å². The Labute approximate surface area is 148 Å². The summed E-state index contributed by atoms with van der Waals surface area (Å²) in [6.07, 6.45) is 0. The molecule has 7 heteroatoms. The molecule has 0 unspecified atom stereocenters. The second-order valence-corrected chi connectivity index (χ2v) is 7.51. The van der Waals surface area contributed by atoms with Crippen molar-refractivity contribution in [2.45, 2.75) is 25.3 Å². The fourth-order valence-corrected chi connectivity index (χ4v) is 3.44. The molecule has 0 saturated heterocycles. The van der Waals surface area contributed by atoms with Crippen molar-refractivity contribution in [3.63, 3.8) is 0 Å². The molecule has 2 rings (SSSR count). The maximum Gasteiger partial charge on any atom is 0.251 e. The van der Waals surface area contributed by atoms with Crippen molar-refractivity contribution in [1.82, 2.24) is 10.0 Å². The lowest BCUT2D eigenvalue weighted by atomic mass is 10.1. The highest BCUT2D eigenvalue weighted by molar-refractivity contribution is 7.89. The maximum atomic E-state index is 12.4. The van der Waals surface area contributed by atoms with E-state index in [9.17, 15) is 13.2 Å². The van der Waals surface area contributed by atoms with E-state index in [1.54, 1.807) is 27.0 Å². The average molecular weight is 362 g/mol. The molecule has 0 aliphatic heterocycles. The largest absolute Gasteiger partial charge is 0.497 e. The van der Waals surface area contributed by atoms with Gasteiger partial charge in [0.05, 0.1) is 12.0 Å². The van der Waals surface area contributed by atoms with Crippen LogP contribution < -0.4 is 14.8 Å². The van der Waals surface area contributed by atoms with Gasteiger partial charge in [-0.3, -0.25) is 4.79 Å². The Hall–Kier alpha value is -2.38. The van der Waals surface area contributed by atoms with Crippen LogP contribution in [0.15, 0.2) is 41.3 Å². The summed E-state index contributed by atoms with van der Waals surface area (Å²) < 4.78 is 31.7. The van der Waals surface area contributed by atoms with E-state index in [1.807, 2.05) is 24.3 Å². The molecule has 0 aromatic heterocycles. The van der Waals surface area contributed by atoms with Crippen LogP contribution >= 0.6 is 0 Å². The molecule has 0 atom stereocenters. The standard InChI is InChI=1S/C18H22N2O4S/c1-12-9-15(10-17(13(12)2)25(22,23)19-3)18(21)20-11-14-5-7-16(24-4)8-6-14/h5-10,19H,11H2,1-4H3,(H,20,21). The summed E-state index contributed by atoms with van der Waals surface area (Å²) in [7, 11) is -0.688. The van der Waals surface area contributed by atoms with Crippen molar-refractivity contribution in [2.24, 2.45) is 0 Å². The van der Waals surface area contributed by atoms with E-state index in [0.29, 0.717) is 17.7 Å². The topological polar surface area (TPSA) is 84.5 Å². The number of amides is 1. The predicted molar refractivity (Wildman–Crippen MR) is 96.3 cm³/mol. The molecule has 0 heterocycles. The minimum absolute atomic E-state index is 0.115. The lowest BCUT2D eigenvalue weighted by molar-refractivity contribution is 0.0950. The van der Waals surface area contributed by atoms with E-state index in [0.717, 1.165) is 16.9 Å². The number of carbonyl (C=O) groups is 1. The Balaban J connectivity index is 2.21. The van der Waals surface area contributed by atoms with Crippen LogP contribution in [0.3, 0.4) is 0 Å². The van der Waals surface area contributed by atoms with Gasteiger partial charge in [0.1, 0.15) is 5.75 Å². The second-order valence-electron chi connectivity index (χ2n) is 5.65. The first kappa shape index (κ1) is 19.0. The third-order valence-corrected chi connectivity index (χ3v) is 5.59. The molecule has 0 aliphatic carbocycles. The minimum atomic E-state index is -3.63. The Bertz CT molecular complexity index is 875. The third-order valence-electron chi connectivity index (χ3n) is 4.05. The number of carbonyl (C=O) groups excluding carboxylic acids is 1. The van der Waals surface area contributed by atoms with Crippen molar-refractivity contribution in [2.75, 3.05) is 14.2 Å². The van der Waals surface area contributed by atoms with E-state index in [1.165, 1.54) is 13.1 Å². The number of methoxy groups -OCH3 is 1. The van der Waals surface area contributed by atoms with Gasteiger partial charge in [-0.2, -0.15) is 0 Å². The highest BCUT2D eigenvalue weighted by Gasteiger charge is 2.19. The Morgan fingerprint density at radius 3 is 2.32 bits per heavy atom. The van der Waals surface area contributed by atoms with Gasteiger partial charge in [0.15, 0.2) is 0 Å². The van der Waals surface area contributed by atoms with Crippen molar-refractivity contribution in [3.05, 3.63) is 58.7 Å². The highest BCUT2D eigenvalue weighted by atomic mass is 32.2. The number of aryl methyl sites for hydroxylation is 1. The fourth-order valence-electron chi connectivity index (χ4n) is 2.37. The first-order valence-electron chi connectivity index (χ1n) is 7.74. The van der Waals surface area contributed by atoms with Gasteiger partial charge in [-0.15, -0.1) is 0 Å². The normalized spacial score (nSPS) is 11.2. The van der Waals surface area contributed by atoms with E-state index in [2.05, 4.69) is 10.0 Å². The molecule has 134 valence electrons. The van der Waals surface area contributed by atoms with Crippen LogP contribution in [0.2, 0.25) is 0 Å². The molecular formula is C18H22N2O4S. The van der Waals surface area contributed by atoms with Gasteiger partial charge in [-0.1, -0.05) is 12.1 Å². The molecule has 0 fully saturated rings. The lowest BCUT2D eigenvalue weighted by Gasteiger charge is -2.12. The molecule has 0 aliphatic rings.